The SMILES string of the molecule is O=C(Nc1cncc(-c2cnc3[nH]nc(-c4nc5c(-c6ccc(F)cc6)ccnc5[nH]4)c3c2)c1)C1CCCC1. The van der Waals surface area contributed by atoms with E-state index in [0.29, 0.717) is 34.0 Å². The fourth-order valence-electron chi connectivity index (χ4n) is 5.23. The Balaban J connectivity index is 1.24. The third-order valence-electron chi connectivity index (χ3n) is 7.25. The van der Waals surface area contributed by atoms with Crippen LogP contribution in [0.5, 0.6) is 0 Å². The number of nitrogens with one attached hydrogen (secondary N) is 3. The molecule has 10 heteroatoms. The molecular weight excluding hydrogens is 495 g/mol. The summed E-state index contributed by atoms with van der Waals surface area (Å²) >= 11 is 0. The molecule has 0 spiro atoms. The molecule has 0 radical (unpaired) electrons. The summed E-state index contributed by atoms with van der Waals surface area (Å²) in [6.07, 6.45) is 10.9. The minimum absolute atomic E-state index is 0.0515. The van der Waals surface area contributed by atoms with E-state index in [9.17, 15) is 9.18 Å². The number of nitrogens with zero attached hydrogens (tertiary/aromatic N) is 5. The number of rotatable bonds is 5. The Morgan fingerprint density at radius 3 is 2.59 bits per heavy atom. The molecular formula is C29H23FN8O. The van der Waals surface area contributed by atoms with Crippen molar-refractivity contribution in [2.24, 2.45) is 5.92 Å². The molecule has 3 N–H and O–H groups in total. The molecule has 39 heavy (non-hydrogen) atoms. The van der Waals surface area contributed by atoms with Crippen LogP contribution in [0.25, 0.3) is 56.0 Å². The Bertz CT molecular complexity index is 1840. The van der Waals surface area contributed by atoms with Crippen molar-refractivity contribution in [2.45, 2.75) is 25.7 Å². The summed E-state index contributed by atoms with van der Waals surface area (Å²) in [7, 11) is 0. The van der Waals surface area contributed by atoms with E-state index >= 15 is 0 Å². The van der Waals surface area contributed by atoms with Crippen molar-refractivity contribution in [1.29, 1.82) is 0 Å². The van der Waals surface area contributed by atoms with E-state index in [1.165, 1.54) is 12.1 Å². The van der Waals surface area contributed by atoms with Crippen molar-refractivity contribution < 1.29 is 9.18 Å². The highest BCUT2D eigenvalue weighted by atomic mass is 19.1. The van der Waals surface area contributed by atoms with Gasteiger partial charge in [0, 0.05) is 41.2 Å². The maximum atomic E-state index is 13.5. The highest BCUT2D eigenvalue weighted by Crippen LogP contribution is 2.32. The lowest BCUT2D eigenvalue weighted by Crippen LogP contribution is -2.20. The lowest BCUT2D eigenvalue weighted by atomic mass is 10.1. The van der Waals surface area contributed by atoms with E-state index in [1.54, 1.807) is 36.9 Å². The lowest BCUT2D eigenvalue weighted by Gasteiger charge is -2.11. The van der Waals surface area contributed by atoms with Crippen molar-refractivity contribution in [3.63, 3.8) is 0 Å². The first-order chi connectivity index (χ1) is 19.1. The number of pyridine rings is 3. The summed E-state index contributed by atoms with van der Waals surface area (Å²) in [4.78, 5) is 34.0. The van der Waals surface area contributed by atoms with Crippen LogP contribution in [0.1, 0.15) is 25.7 Å². The molecule has 6 aromatic rings. The van der Waals surface area contributed by atoms with Crippen molar-refractivity contribution in [3.8, 4) is 33.8 Å². The number of aromatic nitrogens is 7. The van der Waals surface area contributed by atoms with Gasteiger partial charge in [-0.15, -0.1) is 0 Å². The van der Waals surface area contributed by atoms with Crippen LogP contribution in [0.4, 0.5) is 10.1 Å². The van der Waals surface area contributed by atoms with Gasteiger partial charge in [-0.25, -0.2) is 19.3 Å². The van der Waals surface area contributed by atoms with Crippen LogP contribution in [0, 0.1) is 11.7 Å². The Hall–Kier alpha value is -4.99. The molecule has 0 aliphatic heterocycles. The second-order valence-corrected chi connectivity index (χ2v) is 9.77. The van der Waals surface area contributed by atoms with Crippen molar-refractivity contribution >= 4 is 33.8 Å². The standard InChI is InChI=1S/C29H23FN8O/c30-20-7-5-16(6-8-20)22-9-10-32-27-24(22)35-28(36-27)25-23-12-19(14-33-26(23)38-37-25)18-11-21(15-31-13-18)34-29(39)17-3-1-2-4-17/h5-15,17H,1-4H2,(H,34,39)(H,32,35,36)(H,33,37,38). The predicted molar refractivity (Wildman–Crippen MR) is 146 cm³/mol. The third-order valence-corrected chi connectivity index (χ3v) is 7.25. The first-order valence-electron chi connectivity index (χ1n) is 12.8. The van der Waals surface area contributed by atoms with Crippen LogP contribution in [-0.4, -0.2) is 41.0 Å². The first-order valence-corrected chi connectivity index (χ1v) is 12.8. The molecule has 5 aromatic heterocycles. The molecule has 0 atom stereocenters. The fraction of sp³-hybridized carbons (Fsp3) is 0.172. The smallest absolute Gasteiger partial charge is 0.227 e. The monoisotopic (exact) mass is 518 g/mol. The number of hydrogen-bond donors (Lipinski definition) is 3. The zero-order valence-corrected chi connectivity index (χ0v) is 20.8. The number of amides is 1. The van der Waals surface area contributed by atoms with Crippen LogP contribution >= 0.6 is 0 Å². The predicted octanol–water partition coefficient (Wildman–Crippen LogP) is 5.89. The molecule has 0 saturated heterocycles. The molecule has 9 nitrogen and oxygen atoms in total. The zero-order chi connectivity index (χ0) is 26.3. The van der Waals surface area contributed by atoms with Gasteiger partial charge in [-0.1, -0.05) is 25.0 Å². The molecule has 1 amide bonds. The van der Waals surface area contributed by atoms with Gasteiger partial charge in [0.15, 0.2) is 17.1 Å². The largest absolute Gasteiger partial charge is 0.324 e. The van der Waals surface area contributed by atoms with Gasteiger partial charge in [-0.3, -0.25) is 14.9 Å². The first kappa shape index (κ1) is 23.2. The van der Waals surface area contributed by atoms with Crippen LogP contribution in [0.2, 0.25) is 0 Å². The summed E-state index contributed by atoms with van der Waals surface area (Å²) < 4.78 is 13.5. The summed E-state index contributed by atoms with van der Waals surface area (Å²) in [5.41, 5.74) is 6.46. The van der Waals surface area contributed by atoms with Gasteiger partial charge >= 0.3 is 0 Å². The molecule has 1 aliphatic rings. The topological polar surface area (TPSA) is 125 Å². The Morgan fingerprint density at radius 1 is 0.923 bits per heavy atom. The van der Waals surface area contributed by atoms with E-state index in [0.717, 1.165) is 53.3 Å². The molecule has 192 valence electrons. The zero-order valence-electron chi connectivity index (χ0n) is 20.8. The van der Waals surface area contributed by atoms with Gasteiger partial charge in [0.05, 0.1) is 17.3 Å². The fourth-order valence-corrected chi connectivity index (χ4v) is 5.23. The summed E-state index contributed by atoms with van der Waals surface area (Å²) in [5.74, 6) is 0.362. The second kappa shape index (κ2) is 9.39. The normalized spacial score (nSPS) is 13.9. The summed E-state index contributed by atoms with van der Waals surface area (Å²) in [6, 6.07) is 12.0. The maximum Gasteiger partial charge on any atom is 0.227 e. The number of aromatic amines is 2. The number of carbonyl (C=O) groups is 1. The Labute approximate surface area is 222 Å². The summed E-state index contributed by atoms with van der Waals surface area (Å²) in [6.45, 7) is 0. The van der Waals surface area contributed by atoms with Crippen molar-refractivity contribution in [1.82, 2.24) is 35.1 Å². The molecule has 5 heterocycles. The van der Waals surface area contributed by atoms with Gasteiger partial charge in [0.2, 0.25) is 5.91 Å². The van der Waals surface area contributed by atoms with Gasteiger partial charge in [-0.05, 0) is 48.7 Å². The second-order valence-electron chi connectivity index (χ2n) is 9.77. The number of carbonyl (C=O) groups excluding carboxylic acids is 1. The van der Waals surface area contributed by atoms with Crippen molar-refractivity contribution in [2.75, 3.05) is 5.32 Å². The number of fused-ring (bicyclic) bond motifs is 2. The highest BCUT2D eigenvalue weighted by Gasteiger charge is 2.23. The number of hydrogen-bond acceptors (Lipinski definition) is 6. The van der Waals surface area contributed by atoms with Crippen LogP contribution in [0.15, 0.2) is 67.3 Å². The van der Waals surface area contributed by atoms with Crippen molar-refractivity contribution in [3.05, 3.63) is 73.1 Å². The minimum atomic E-state index is -0.296. The molecule has 1 aromatic carbocycles. The number of halogens is 1. The highest BCUT2D eigenvalue weighted by molar-refractivity contribution is 5.96. The van der Waals surface area contributed by atoms with Gasteiger partial charge in [0.25, 0.3) is 0 Å². The molecule has 7 rings (SSSR count). The average Bonchev–Trinajstić information content (AvgIpc) is 3.73. The van der Waals surface area contributed by atoms with E-state index in [4.69, 9.17) is 4.98 Å². The molecule has 1 saturated carbocycles. The number of H-pyrrole nitrogens is 2. The molecule has 1 fully saturated rings. The number of anilines is 1. The van der Waals surface area contributed by atoms with E-state index in [1.807, 2.05) is 18.2 Å². The van der Waals surface area contributed by atoms with E-state index in [2.05, 4.69) is 35.5 Å². The summed E-state index contributed by atoms with van der Waals surface area (Å²) in [5, 5.41) is 11.2. The lowest BCUT2D eigenvalue weighted by molar-refractivity contribution is -0.119. The minimum Gasteiger partial charge on any atom is -0.324 e. The average molecular weight is 519 g/mol. The molecule has 0 unspecified atom stereocenters. The van der Waals surface area contributed by atoms with Crippen LogP contribution in [0.3, 0.4) is 0 Å². The van der Waals surface area contributed by atoms with Gasteiger partial charge in [0.1, 0.15) is 17.0 Å². The third kappa shape index (κ3) is 4.29. The quantitative estimate of drug-likeness (QED) is 0.261. The Morgan fingerprint density at radius 2 is 1.74 bits per heavy atom. The van der Waals surface area contributed by atoms with Crippen LogP contribution in [-0.2, 0) is 4.79 Å². The number of imidazole rings is 1. The van der Waals surface area contributed by atoms with Gasteiger partial charge in [-0.2, -0.15) is 5.10 Å². The van der Waals surface area contributed by atoms with Crippen LogP contribution < -0.4 is 5.32 Å². The number of benzene rings is 1. The Kier molecular flexibility index (Phi) is 5.58. The maximum absolute atomic E-state index is 13.5. The molecule has 0 bridgehead atoms. The van der Waals surface area contributed by atoms with E-state index in [-0.39, 0.29) is 17.6 Å². The molecule has 1 aliphatic carbocycles. The van der Waals surface area contributed by atoms with Gasteiger partial charge < -0.3 is 10.3 Å². The van der Waals surface area contributed by atoms with E-state index < -0.39 is 0 Å².